The second kappa shape index (κ2) is 10.9. The third-order valence-corrected chi connectivity index (χ3v) is 9.18. The maximum atomic E-state index is 11.4. The monoisotopic (exact) mass is 626 g/mol. The van der Waals surface area contributed by atoms with E-state index in [1.807, 2.05) is 56.3 Å². The Bertz CT molecular complexity index is 1870. The SMILES string of the molecule is COc1cc(OC)c2c(c1-c1cc(O)c(O)c3c1C[C@H](C)O[C@H]3c1ccc3c(c1)OCO3)C[C@H](C)O[C@H]2c1ccc2c(c1)OCO2. The molecule has 0 bridgehead atoms. The standard InChI is InChI=1S/C36H34O10/c1-17-9-21-22(13-24(37)34(38)33(21)36(46-17)20-6-8-26-28(12-20)44-16-42-26)31-23-10-18(2)45-35(32(23)30(40-4)14-29(31)39-3)19-5-7-25-27(11-19)43-15-41-25/h5-8,11-14,17-18,35-38H,9-10,15-16H2,1-4H3/t17-,18-,35-,36-/m0/s1. The van der Waals surface area contributed by atoms with Crippen molar-refractivity contribution >= 4 is 0 Å². The molecule has 4 aliphatic rings. The summed E-state index contributed by atoms with van der Waals surface area (Å²) in [6.07, 6.45) is -0.437. The third kappa shape index (κ3) is 4.46. The molecule has 0 spiro atoms. The van der Waals surface area contributed by atoms with Crippen molar-refractivity contribution < 1.29 is 48.1 Å². The molecule has 8 rings (SSSR count). The summed E-state index contributed by atoms with van der Waals surface area (Å²) in [5.74, 6) is 3.34. The summed E-state index contributed by atoms with van der Waals surface area (Å²) in [7, 11) is 3.25. The highest BCUT2D eigenvalue weighted by Gasteiger charge is 2.38. The lowest BCUT2D eigenvalue weighted by atomic mass is 9.79. The summed E-state index contributed by atoms with van der Waals surface area (Å²) in [6.45, 7) is 4.36. The summed E-state index contributed by atoms with van der Waals surface area (Å²) >= 11 is 0. The van der Waals surface area contributed by atoms with Gasteiger partial charge in [-0.1, -0.05) is 12.1 Å². The van der Waals surface area contributed by atoms with Crippen molar-refractivity contribution in [3.05, 3.63) is 81.9 Å². The average Bonchev–Trinajstić information content (AvgIpc) is 3.74. The average molecular weight is 627 g/mol. The van der Waals surface area contributed by atoms with E-state index in [0.717, 1.165) is 38.9 Å². The number of phenolic OH excluding ortho intramolecular Hbond substituents is 2. The number of hydrogen-bond acceptors (Lipinski definition) is 10. The normalized spacial score (nSPS) is 22.3. The van der Waals surface area contributed by atoms with Crippen molar-refractivity contribution in [2.45, 2.75) is 51.1 Å². The van der Waals surface area contributed by atoms with Gasteiger partial charge in [-0.15, -0.1) is 0 Å². The zero-order chi connectivity index (χ0) is 31.7. The van der Waals surface area contributed by atoms with Gasteiger partial charge in [0.1, 0.15) is 23.7 Å². The summed E-state index contributed by atoms with van der Waals surface area (Å²) in [5.41, 5.74) is 6.44. The molecule has 4 atom stereocenters. The van der Waals surface area contributed by atoms with E-state index in [1.165, 1.54) is 0 Å². The molecule has 10 heteroatoms. The molecular formula is C36H34O10. The van der Waals surface area contributed by atoms with E-state index in [9.17, 15) is 10.2 Å². The highest BCUT2D eigenvalue weighted by atomic mass is 16.7. The van der Waals surface area contributed by atoms with Crippen molar-refractivity contribution in [1.29, 1.82) is 0 Å². The van der Waals surface area contributed by atoms with Gasteiger partial charge < -0.3 is 48.1 Å². The number of methoxy groups -OCH3 is 2. The molecule has 0 unspecified atom stereocenters. The van der Waals surface area contributed by atoms with Gasteiger partial charge in [0, 0.05) is 22.8 Å². The van der Waals surface area contributed by atoms with Gasteiger partial charge in [0.05, 0.1) is 26.4 Å². The van der Waals surface area contributed by atoms with Crippen molar-refractivity contribution in [3.8, 4) is 57.1 Å². The van der Waals surface area contributed by atoms with Gasteiger partial charge in [-0.3, -0.25) is 0 Å². The number of phenols is 2. The summed E-state index contributed by atoms with van der Waals surface area (Å²) in [5, 5.41) is 22.7. The Morgan fingerprint density at radius 2 is 1.17 bits per heavy atom. The van der Waals surface area contributed by atoms with Crippen molar-refractivity contribution in [2.24, 2.45) is 0 Å². The van der Waals surface area contributed by atoms with Crippen molar-refractivity contribution in [2.75, 3.05) is 27.8 Å². The number of benzene rings is 4. The van der Waals surface area contributed by atoms with Gasteiger partial charge in [-0.2, -0.15) is 0 Å². The minimum Gasteiger partial charge on any atom is -0.504 e. The first-order valence-corrected chi connectivity index (χ1v) is 15.3. The smallest absolute Gasteiger partial charge is 0.231 e. The van der Waals surface area contributed by atoms with Gasteiger partial charge in [-0.25, -0.2) is 0 Å². The number of hydrogen-bond donors (Lipinski definition) is 2. The van der Waals surface area contributed by atoms with Gasteiger partial charge in [0.15, 0.2) is 34.5 Å². The molecule has 4 aliphatic heterocycles. The molecule has 4 aromatic rings. The van der Waals surface area contributed by atoms with Crippen LogP contribution in [0.3, 0.4) is 0 Å². The summed E-state index contributed by atoms with van der Waals surface area (Å²) < 4.78 is 47.5. The Labute approximate surface area is 265 Å². The lowest BCUT2D eigenvalue weighted by molar-refractivity contribution is 0.00511. The Hall–Kier alpha value is -4.80. The van der Waals surface area contributed by atoms with Crippen LogP contribution < -0.4 is 28.4 Å². The van der Waals surface area contributed by atoms with E-state index in [2.05, 4.69) is 0 Å². The third-order valence-electron chi connectivity index (χ3n) is 9.18. The molecule has 10 nitrogen and oxygen atoms in total. The van der Waals surface area contributed by atoms with Crippen LogP contribution >= 0.6 is 0 Å². The Morgan fingerprint density at radius 1 is 0.630 bits per heavy atom. The van der Waals surface area contributed by atoms with Crippen LogP contribution in [0.2, 0.25) is 0 Å². The second-order valence-corrected chi connectivity index (χ2v) is 12.0. The molecule has 4 aromatic carbocycles. The first-order valence-electron chi connectivity index (χ1n) is 15.3. The predicted octanol–water partition coefficient (Wildman–Crippen LogP) is 6.34. The van der Waals surface area contributed by atoms with Crippen LogP contribution in [0.25, 0.3) is 11.1 Å². The Balaban J connectivity index is 1.35. The molecule has 0 radical (unpaired) electrons. The zero-order valence-electron chi connectivity index (χ0n) is 25.9. The van der Waals surface area contributed by atoms with Gasteiger partial charge in [0.25, 0.3) is 0 Å². The number of ether oxygens (including phenoxy) is 8. The molecule has 0 aliphatic carbocycles. The lowest BCUT2D eigenvalue weighted by Crippen LogP contribution is -2.27. The van der Waals surface area contributed by atoms with Crippen LogP contribution in [0.1, 0.15) is 59.4 Å². The minimum atomic E-state index is -0.664. The molecule has 0 fully saturated rings. The van der Waals surface area contributed by atoms with Gasteiger partial charge in [0.2, 0.25) is 13.6 Å². The van der Waals surface area contributed by atoms with Gasteiger partial charge >= 0.3 is 0 Å². The van der Waals surface area contributed by atoms with E-state index in [-0.39, 0.29) is 37.3 Å². The Morgan fingerprint density at radius 3 is 1.76 bits per heavy atom. The van der Waals surface area contributed by atoms with E-state index >= 15 is 0 Å². The molecule has 46 heavy (non-hydrogen) atoms. The zero-order valence-corrected chi connectivity index (χ0v) is 25.9. The van der Waals surface area contributed by atoms with Crippen LogP contribution in [-0.2, 0) is 22.3 Å². The van der Waals surface area contributed by atoms with Crippen LogP contribution in [0.5, 0.6) is 46.0 Å². The fraction of sp³-hybridized carbons (Fsp3) is 0.333. The summed E-state index contributed by atoms with van der Waals surface area (Å²) in [4.78, 5) is 0. The predicted molar refractivity (Wildman–Crippen MR) is 166 cm³/mol. The Kier molecular flexibility index (Phi) is 6.81. The van der Waals surface area contributed by atoms with Crippen LogP contribution in [-0.4, -0.2) is 50.2 Å². The van der Waals surface area contributed by atoms with E-state index in [0.29, 0.717) is 52.9 Å². The number of rotatable bonds is 5. The van der Waals surface area contributed by atoms with Crippen molar-refractivity contribution in [1.82, 2.24) is 0 Å². The fourth-order valence-corrected chi connectivity index (χ4v) is 7.18. The van der Waals surface area contributed by atoms with Crippen molar-refractivity contribution in [3.63, 3.8) is 0 Å². The van der Waals surface area contributed by atoms with E-state index in [4.69, 9.17) is 37.9 Å². The maximum Gasteiger partial charge on any atom is 0.231 e. The molecule has 0 amide bonds. The first kappa shape index (κ1) is 28.7. The van der Waals surface area contributed by atoms with Crippen LogP contribution in [0.4, 0.5) is 0 Å². The molecule has 0 saturated carbocycles. The molecule has 238 valence electrons. The highest BCUT2D eigenvalue weighted by molar-refractivity contribution is 5.84. The molecule has 2 N–H and O–H groups in total. The van der Waals surface area contributed by atoms with E-state index < -0.39 is 12.2 Å². The van der Waals surface area contributed by atoms with Crippen LogP contribution in [0, 0.1) is 0 Å². The molecule has 4 heterocycles. The largest absolute Gasteiger partial charge is 0.504 e. The first-order chi connectivity index (χ1) is 22.3. The van der Waals surface area contributed by atoms with Gasteiger partial charge in [-0.05, 0) is 84.8 Å². The number of aromatic hydroxyl groups is 2. The van der Waals surface area contributed by atoms with Crippen LogP contribution in [0.15, 0.2) is 48.5 Å². The molecular weight excluding hydrogens is 592 g/mol. The quantitative estimate of drug-likeness (QED) is 0.243. The maximum absolute atomic E-state index is 11.4. The number of fused-ring (bicyclic) bond motifs is 4. The summed E-state index contributed by atoms with van der Waals surface area (Å²) in [6, 6.07) is 14.9. The van der Waals surface area contributed by atoms with E-state index in [1.54, 1.807) is 20.3 Å². The second-order valence-electron chi connectivity index (χ2n) is 12.0. The highest BCUT2D eigenvalue weighted by Crippen LogP contribution is 2.54. The lowest BCUT2D eigenvalue weighted by Gasteiger charge is -2.36. The minimum absolute atomic E-state index is 0.144. The fourth-order valence-electron chi connectivity index (χ4n) is 7.18. The molecule has 0 aromatic heterocycles. The topological polar surface area (TPSA) is 114 Å². The molecule has 0 saturated heterocycles.